The molecule has 2 aromatic rings. The van der Waals surface area contributed by atoms with Crippen LogP contribution in [0.1, 0.15) is 0 Å². The fraction of sp³-hybridized carbons (Fsp3) is 0. The van der Waals surface area contributed by atoms with Crippen LogP contribution in [0.15, 0.2) is 46.2 Å². The van der Waals surface area contributed by atoms with Gasteiger partial charge in [0.25, 0.3) is 0 Å². The lowest BCUT2D eigenvalue weighted by Crippen LogP contribution is -2.07. The van der Waals surface area contributed by atoms with Gasteiger partial charge in [-0.3, -0.25) is 20.2 Å². The third-order valence-corrected chi connectivity index (χ3v) is 4.62. The molecule has 0 fully saturated rings. The molecule has 0 spiro atoms. The van der Waals surface area contributed by atoms with E-state index in [0.717, 1.165) is 18.2 Å². The monoisotopic (exact) mass is 344 g/mol. The molecule has 0 aliphatic heterocycles. The Morgan fingerprint density at radius 2 is 1.52 bits per heavy atom. The first-order valence-corrected chi connectivity index (χ1v) is 7.26. The van der Waals surface area contributed by atoms with Gasteiger partial charge >= 0.3 is 11.4 Å². The summed E-state index contributed by atoms with van der Waals surface area (Å²) in [4.78, 5) is 17.3. The van der Waals surface area contributed by atoms with Crippen molar-refractivity contribution >= 4 is 21.2 Å². The van der Waals surface area contributed by atoms with Crippen molar-refractivity contribution in [2.24, 2.45) is 0 Å². The van der Waals surface area contributed by atoms with Crippen LogP contribution in [0.5, 0.6) is 0 Å². The van der Waals surface area contributed by atoms with Crippen molar-refractivity contribution in [1.29, 1.82) is 0 Å². The maximum absolute atomic E-state index is 14.0. The third-order valence-electron chi connectivity index (χ3n) is 2.85. The highest BCUT2D eigenvalue weighted by molar-refractivity contribution is 7.91. The summed E-state index contributed by atoms with van der Waals surface area (Å²) in [5, 5.41) is 21.3. The van der Waals surface area contributed by atoms with Crippen LogP contribution >= 0.6 is 0 Å². The minimum Gasteiger partial charge on any atom is -0.258 e. The Morgan fingerprint density at radius 1 is 0.913 bits per heavy atom. The quantitative estimate of drug-likeness (QED) is 0.477. The lowest BCUT2D eigenvalue weighted by molar-refractivity contribution is -0.387. The Bertz CT molecular complexity index is 929. The summed E-state index contributed by atoms with van der Waals surface area (Å²) in [5.74, 6) is -2.88. The molecule has 0 amide bonds. The van der Waals surface area contributed by atoms with Crippen LogP contribution in [0.25, 0.3) is 0 Å². The van der Waals surface area contributed by atoms with E-state index in [2.05, 4.69) is 0 Å². The molecule has 0 heterocycles. The van der Waals surface area contributed by atoms with Crippen LogP contribution in [0.4, 0.5) is 20.2 Å². The molecule has 0 saturated carbocycles. The van der Waals surface area contributed by atoms with E-state index in [9.17, 15) is 37.4 Å². The first-order valence-electron chi connectivity index (χ1n) is 5.78. The van der Waals surface area contributed by atoms with Gasteiger partial charge in [-0.25, -0.2) is 8.42 Å². The summed E-state index contributed by atoms with van der Waals surface area (Å²) in [6, 6.07) is 4.15. The van der Waals surface area contributed by atoms with Crippen molar-refractivity contribution in [2.45, 2.75) is 9.79 Å². The number of nitrogens with zero attached hydrogens (tertiary/aromatic N) is 2. The number of sulfone groups is 1. The standard InChI is InChI=1S/C12H6F2N2O6S/c13-8-5-4-7(6-10(8)16(19)20)23(21,22)11-3-1-2-9(12(11)14)15(17)18/h1-6H. The molecule has 0 aromatic heterocycles. The van der Waals surface area contributed by atoms with Crippen LogP contribution in [0.2, 0.25) is 0 Å². The second kappa shape index (κ2) is 5.68. The highest BCUT2D eigenvalue weighted by Crippen LogP contribution is 2.30. The van der Waals surface area contributed by atoms with Gasteiger partial charge in [-0.15, -0.1) is 0 Å². The van der Waals surface area contributed by atoms with E-state index >= 15 is 0 Å². The average molecular weight is 344 g/mol. The van der Waals surface area contributed by atoms with Crippen LogP contribution in [0, 0.1) is 31.9 Å². The highest BCUT2D eigenvalue weighted by Gasteiger charge is 2.29. The SMILES string of the molecule is O=[N+]([O-])c1cc(S(=O)(=O)c2cccc([N+](=O)[O-])c2F)ccc1F. The van der Waals surface area contributed by atoms with Gasteiger partial charge in [0.15, 0.2) is 0 Å². The fourth-order valence-electron chi connectivity index (χ4n) is 1.77. The van der Waals surface area contributed by atoms with Crippen molar-refractivity contribution in [3.63, 3.8) is 0 Å². The summed E-state index contributed by atoms with van der Waals surface area (Å²) in [6.45, 7) is 0. The predicted molar refractivity (Wildman–Crippen MR) is 71.6 cm³/mol. The third kappa shape index (κ3) is 2.85. The van der Waals surface area contributed by atoms with Gasteiger partial charge in [0.2, 0.25) is 21.5 Å². The first kappa shape index (κ1) is 16.4. The van der Waals surface area contributed by atoms with Gasteiger partial charge in [-0.05, 0) is 18.2 Å². The predicted octanol–water partition coefficient (Wildman–Crippen LogP) is 2.61. The van der Waals surface area contributed by atoms with Crippen LogP contribution in [-0.4, -0.2) is 18.3 Å². The molecule has 0 bridgehead atoms. The molecular weight excluding hydrogens is 338 g/mol. The summed E-state index contributed by atoms with van der Waals surface area (Å²) in [7, 11) is -4.65. The fourth-order valence-corrected chi connectivity index (χ4v) is 3.14. The number of hydrogen-bond acceptors (Lipinski definition) is 6. The lowest BCUT2D eigenvalue weighted by atomic mass is 10.3. The van der Waals surface area contributed by atoms with Crippen molar-refractivity contribution in [3.8, 4) is 0 Å². The molecule has 0 atom stereocenters. The van der Waals surface area contributed by atoms with Gasteiger partial charge in [-0.1, -0.05) is 6.07 Å². The number of benzene rings is 2. The van der Waals surface area contributed by atoms with Crippen molar-refractivity contribution in [3.05, 3.63) is 68.3 Å². The molecule has 11 heteroatoms. The Hall–Kier alpha value is -2.95. The van der Waals surface area contributed by atoms with Crippen molar-refractivity contribution < 1.29 is 27.0 Å². The number of nitro groups is 2. The van der Waals surface area contributed by atoms with E-state index in [-0.39, 0.29) is 0 Å². The van der Waals surface area contributed by atoms with Gasteiger partial charge in [0.05, 0.1) is 14.7 Å². The zero-order chi connectivity index (χ0) is 17.4. The summed E-state index contributed by atoms with van der Waals surface area (Å²) in [5.41, 5.74) is -2.18. The molecule has 0 saturated heterocycles. The Morgan fingerprint density at radius 3 is 2.09 bits per heavy atom. The molecule has 0 radical (unpaired) electrons. The number of rotatable bonds is 4. The number of halogens is 2. The Kier molecular flexibility index (Phi) is 4.06. The first-order chi connectivity index (χ1) is 10.7. The molecule has 8 nitrogen and oxygen atoms in total. The van der Waals surface area contributed by atoms with Crippen molar-refractivity contribution in [2.75, 3.05) is 0 Å². The number of hydrogen-bond donors (Lipinski definition) is 0. The summed E-state index contributed by atoms with van der Waals surface area (Å²) in [6.07, 6.45) is 0. The largest absolute Gasteiger partial charge is 0.306 e. The van der Waals surface area contributed by atoms with Gasteiger partial charge < -0.3 is 0 Å². The van der Waals surface area contributed by atoms with E-state index in [0.29, 0.717) is 18.2 Å². The van der Waals surface area contributed by atoms with Gasteiger partial charge in [0, 0.05) is 12.1 Å². The van der Waals surface area contributed by atoms with E-state index < -0.39 is 52.5 Å². The minimum absolute atomic E-state index is 0.420. The summed E-state index contributed by atoms with van der Waals surface area (Å²) >= 11 is 0. The molecule has 0 aliphatic rings. The molecule has 2 aromatic carbocycles. The highest BCUT2D eigenvalue weighted by atomic mass is 32.2. The van der Waals surface area contributed by atoms with Gasteiger partial charge in [0.1, 0.15) is 4.90 Å². The van der Waals surface area contributed by atoms with Crippen LogP contribution in [-0.2, 0) is 9.84 Å². The topological polar surface area (TPSA) is 120 Å². The molecule has 0 unspecified atom stereocenters. The second-order valence-electron chi connectivity index (χ2n) is 4.22. The molecule has 0 aliphatic carbocycles. The smallest absolute Gasteiger partial charge is 0.258 e. The second-order valence-corrected chi connectivity index (χ2v) is 6.14. The molecule has 2 rings (SSSR count). The van der Waals surface area contributed by atoms with Crippen molar-refractivity contribution in [1.82, 2.24) is 0 Å². The molecule has 0 N–H and O–H groups in total. The zero-order valence-electron chi connectivity index (χ0n) is 11.0. The zero-order valence-corrected chi connectivity index (χ0v) is 11.8. The van der Waals surface area contributed by atoms with Crippen LogP contribution < -0.4 is 0 Å². The maximum Gasteiger partial charge on any atom is 0.306 e. The Balaban J connectivity index is 2.69. The van der Waals surface area contributed by atoms with Crippen LogP contribution in [0.3, 0.4) is 0 Å². The minimum atomic E-state index is -4.65. The molecular formula is C12H6F2N2O6S. The lowest BCUT2D eigenvalue weighted by Gasteiger charge is -2.06. The molecule has 23 heavy (non-hydrogen) atoms. The number of nitro benzene ring substituents is 2. The van der Waals surface area contributed by atoms with E-state index in [4.69, 9.17) is 0 Å². The molecule has 120 valence electrons. The van der Waals surface area contributed by atoms with E-state index in [1.807, 2.05) is 0 Å². The van der Waals surface area contributed by atoms with Gasteiger partial charge in [-0.2, -0.15) is 8.78 Å². The Labute approximate surface area is 127 Å². The summed E-state index contributed by atoms with van der Waals surface area (Å²) < 4.78 is 51.9. The van der Waals surface area contributed by atoms with E-state index in [1.165, 1.54) is 0 Å². The average Bonchev–Trinajstić information content (AvgIpc) is 2.46. The van der Waals surface area contributed by atoms with E-state index in [1.54, 1.807) is 0 Å². The normalized spacial score (nSPS) is 11.2. The maximum atomic E-state index is 14.0.